The summed E-state index contributed by atoms with van der Waals surface area (Å²) in [6.07, 6.45) is -2.10. The molecule has 11 heteroatoms. The number of carbonyl (C=O) groups is 2. The molecule has 0 atom stereocenters. The number of halogens is 4. The number of hydrogen-bond acceptors (Lipinski definition) is 4. The standard InChI is InChI=1S/C28H33ClF3N3O4/c1-17(2)39-27(3,4)14-13-22-23(24(36)33-15-18-5-9-20(10-6-18)25(37)38)35(26(29)34-22)16-19-7-11-21(12-8-19)28(30,31)32/h7-8,11-12,17-18,20H,5-6,9-10,15-16H2,1-4H3,(H,33,36)(H,37,38). The van der Waals surface area contributed by atoms with Crippen LogP contribution >= 0.6 is 11.6 Å². The minimum absolute atomic E-state index is 0.00398. The number of benzene rings is 1. The van der Waals surface area contributed by atoms with Gasteiger partial charge in [0.15, 0.2) is 0 Å². The first-order chi connectivity index (χ1) is 18.2. The van der Waals surface area contributed by atoms with Gasteiger partial charge in [-0.25, -0.2) is 4.98 Å². The molecule has 1 saturated carbocycles. The first-order valence-corrected chi connectivity index (χ1v) is 13.2. The second kappa shape index (κ2) is 12.4. The van der Waals surface area contributed by atoms with Crippen molar-refractivity contribution in [1.82, 2.24) is 14.9 Å². The number of aromatic nitrogens is 2. The lowest BCUT2D eigenvalue weighted by molar-refractivity contribution is -0.143. The monoisotopic (exact) mass is 567 g/mol. The zero-order valence-electron chi connectivity index (χ0n) is 22.4. The van der Waals surface area contributed by atoms with Gasteiger partial charge in [0.1, 0.15) is 17.0 Å². The molecule has 212 valence electrons. The summed E-state index contributed by atoms with van der Waals surface area (Å²) in [6, 6.07) is 4.60. The summed E-state index contributed by atoms with van der Waals surface area (Å²) >= 11 is 6.41. The molecule has 2 aromatic rings. The number of aliphatic carboxylic acids is 1. The fraction of sp³-hybridized carbons (Fsp3) is 0.536. The van der Waals surface area contributed by atoms with Crippen molar-refractivity contribution in [2.45, 2.75) is 77.8 Å². The lowest BCUT2D eigenvalue weighted by Crippen LogP contribution is -2.34. The van der Waals surface area contributed by atoms with Crippen molar-refractivity contribution in [3.05, 3.63) is 52.1 Å². The number of nitrogens with one attached hydrogen (secondary N) is 1. The Morgan fingerprint density at radius 2 is 1.79 bits per heavy atom. The van der Waals surface area contributed by atoms with Gasteiger partial charge < -0.3 is 19.7 Å². The van der Waals surface area contributed by atoms with Crippen molar-refractivity contribution in [3.63, 3.8) is 0 Å². The Hall–Kier alpha value is -3.03. The van der Waals surface area contributed by atoms with Crippen LogP contribution in [0.4, 0.5) is 13.2 Å². The molecule has 2 N–H and O–H groups in total. The van der Waals surface area contributed by atoms with Gasteiger partial charge >= 0.3 is 12.1 Å². The molecule has 1 aromatic carbocycles. The van der Waals surface area contributed by atoms with Gasteiger partial charge in [-0.15, -0.1) is 0 Å². The Morgan fingerprint density at radius 1 is 1.18 bits per heavy atom. The SMILES string of the molecule is CC(C)OC(C)(C)C#Cc1nc(Cl)n(Cc2ccc(C(F)(F)F)cc2)c1C(=O)NCC1CCC(C(=O)O)CC1. The zero-order valence-corrected chi connectivity index (χ0v) is 23.1. The van der Waals surface area contributed by atoms with E-state index in [2.05, 4.69) is 22.1 Å². The van der Waals surface area contributed by atoms with Crippen LogP contribution in [0.1, 0.15) is 80.7 Å². The third kappa shape index (κ3) is 8.48. The maximum Gasteiger partial charge on any atom is 0.416 e. The van der Waals surface area contributed by atoms with Crippen molar-refractivity contribution in [2.75, 3.05) is 6.54 Å². The second-order valence-electron chi connectivity index (χ2n) is 10.6. The van der Waals surface area contributed by atoms with Gasteiger partial charge in [-0.1, -0.05) is 18.1 Å². The molecule has 39 heavy (non-hydrogen) atoms. The highest BCUT2D eigenvalue weighted by molar-refractivity contribution is 6.29. The van der Waals surface area contributed by atoms with E-state index >= 15 is 0 Å². The maximum atomic E-state index is 13.4. The number of carboxylic acids is 1. The summed E-state index contributed by atoms with van der Waals surface area (Å²) in [7, 11) is 0. The number of ether oxygens (including phenoxy) is 1. The van der Waals surface area contributed by atoms with Gasteiger partial charge in [0.05, 0.1) is 24.1 Å². The number of carbonyl (C=O) groups excluding carboxylic acids is 1. The van der Waals surface area contributed by atoms with Crippen LogP contribution in [0.15, 0.2) is 24.3 Å². The number of alkyl halides is 3. The minimum atomic E-state index is -4.46. The molecule has 0 saturated heterocycles. The Morgan fingerprint density at radius 3 is 2.33 bits per heavy atom. The molecule has 1 aromatic heterocycles. The zero-order chi connectivity index (χ0) is 29.0. The number of carboxylic acid groups (broad SMARTS) is 1. The van der Waals surface area contributed by atoms with Crippen molar-refractivity contribution in [1.29, 1.82) is 0 Å². The predicted molar refractivity (Wildman–Crippen MR) is 140 cm³/mol. The molecule has 0 unspecified atom stereocenters. The quantitative estimate of drug-likeness (QED) is 0.395. The van der Waals surface area contributed by atoms with E-state index in [9.17, 15) is 27.9 Å². The first kappa shape index (κ1) is 30.5. The van der Waals surface area contributed by atoms with Crippen LogP contribution in [0, 0.1) is 23.7 Å². The van der Waals surface area contributed by atoms with Crippen molar-refractivity contribution in [2.24, 2.45) is 11.8 Å². The Kier molecular flexibility index (Phi) is 9.73. The predicted octanol–water partition coefficient (Wildman–Crippen LogP) is 5.78. The van der Waals surface area contributed by atoms with E-state index in [1.807, 2.05) is 13.8 Å². The van der Waals surface area contributed by atoms with E-state index in [1.165, 1.54) is 16.7 Å². The number of rotatable bonds is 8. The van der Waals surface area contributed by atoms with Gasteiger partial charge in [0, 0.05) is 6.54 Å². The van der Waals surface area contributed by atoms with Gasteiger partial charge in [-0.3, -0.25) is 9.59 Å². The Labute approximate surface area is 231 Å². The molecule has 0 radical (unpaired) electrons. The van der Waals surface area contributed by atoms with Crippen LogP contribution in [0.2, 0.25) is 5.28 Å². The van der Waals surface area contributed by atoms with E-state index in [0.29, 0.717) is 37.8 Å². The van der Waals surface area contributed by atoms with Gasteiger partial charge in [-0.05, 0) is 94.5 Å². The Balaban J connectivity index is 1.88. The summed E-state index contributed by atoms with van der Waals surface area (Å²) < 4.78 is 46.2. The smallest absolute Gasteiger partial charge is 0.416 e. The van der Waals surface area contributed by atoms with Crippen molar-refractivity contribution >= 4 is 23.5 Å². The van der Waals surface area contributed by atoms with Crippen molar-refractivity contribution in [3.8, 4) is 11.8 Å². The highest BCUT2D eigenvalue weighted by atomic mass is 35.5. The van der Waals surface area contributed by atoms with E-state index in [4.69, 9.17) is 16.3 Å². The molecule has 0 aliphatic heterocycles. The van der Waals surface area contributed by atoms with Crippen LogP contribution in [-0.4, -0.2) is 44.8 Å². The first-order valence-electron chi connectivity index (χ1n) is 12.8. The lowest BCUT2D eigenvalue weighted by Gasteiger charge is -2.26. The number of amides is 1. The molecule has 0 bridgehead atoms. The minimum Gasteiger partial charge on any atom is -0.481 e. The van der Waals surface area contributed by atoms with E-state index < -0.39 is 29.2 Å². The molecule has 1 aliphatic rings. The van der Waals surface area contributed by atoms with Gasteiger partial charge in [0.25, 0.3) is 5.91 Å². The average Bonchev–Trinajstić information content (AvgIpc) is 3.15. The van der Waals surface area contributed by atoms with Gasteiger partial charge in [0.2, 0.25) is 5.28 Å². The van der Waals surface area contributed by atoms with Crippen LogP contribution in [0.3, 0.4) is 0 Å². The molecule has 3 rings (SSSR count). The van der Waals surface area contributed by atoms with E-state index in [0.717, 1.165) is 12.1 Å². The molecular weight excluding hydrogens is 535 g/mol. The largest absolute Gasteiger partial charge is 0.481 e. The topological polar surface area (TPSA) is 93.5 Å². The van der Waals surface area contributed by atoms with Crippen molar-refractivity contribution < 1.29 is 32.6 Å². The van der Waals surface area contributed by atoms with Gasteiger partial charge in [-0.2, -0.15) is 13.2 Å². The molecule has 1 heterocycles. The summed E-state index contributed by atoms with van der Waals surface area (Å²) in [5.74, 6) is 4.37. The molecule has 1 fully saturated rings. The van der Waals surface area contributed by atoms with Crippen LogP contribution in [0.25, 0.3) is 0 Å². The number of hydrogen-bond donors (Lipinski definition) is 2. The molecule has 1 aliphatic carbocycles. The van der Waals surface area contributed by atoms with E-state index in [1.54, 1.807) is 13.8 Å². The second-order valence-corrected chi connectivity index (χ2v) is 10.9. The summed E-state index contributed by atoms with van der Waals surface area (Å²) in [5, 5.41) is 12.1. The number of nitrogens with zero attached hydrogens (tertiary/aromatic N) is 2. The van der Waals surface area contributed by atoms with E-state index in [-0.39, 0.29) is 41.2 Å². The normalized spacial score (nSPS) is 18.0. The Bertz CT molecular complexity index is 1240. The maximum absolute atomic E-state index is 13.4. The summed E-state index contributed by atoms with van der Waals surface area (Å²) in [6.45, 7) is 7.67. The summed E-state index contributed by atoms with van der Waals surface area (Å²) in [4.78, 5) is 28.9. The molecule has 7 nitrogen and oxygen atoms in total. The fourth-order valence-electron chi connectivity index (χ4n) is 4.63. The number of imidazole rings is 1. The molecule has 0 spiro atoms. The third-order valence-corrected chi connectivity index (χ3v) is 6.81. The van der Waals surface area contributed by atoms with Crippen LogP contribution in [-0.2, 0) is 22.3 Å². The molecular formula is C28H33ClF3N3O4. The molecule has 1 amide bonds. The highest BCUT2D eigenvalue weighted by Gasteiger charge is 2.31. The van der Waals surface area contributed by atoms with Crippen LogP contribution in [0.5, 0.6) is 0 Å². The van der Waals surface area contributed by atoms with Crippen LogP contribution < -0.4 is 5.32 Å². The lowest BCUT2D eigenvalue weighted by atomic mass is 9.82. The average molecular weight is 568 g/mol. The summed E-state index contributed by atoms with van der Waals surface area (Å²) in [5.41, 5.74) is -0.913. The highest BCUT2D eigenvalue weighted by Crippen LogP contribution is 2.30. The third-order valence-electron chi connectivity index (χ3n) is 6.52. The fourth-order valence-corrected chi connectivity index (χ4v) is 4.86.